The summed E-state index contributed by atoms with van der Waals surface area (Å²) in [6, 6.07) is 42.2. The second-order valence-electron chi connectivity index (χ2n) is 16.2. The number of rotatable bonds is 10. The topological polar surface area (TPSA) is 39.4 Å². The molecule has 0 unspecified atom stereocenters. The van der Waals surface area contributed by atoms with Crippen LogP contribution in [-0.2, 0) is 0 Å². The maximum Gasteiger partial charge on any atom is 1.00 e. The van der Waals surface area contributed by atoms with Crippen LogP contribution in [0.25, 0.3) is 6.08 Å². The standard InChI is InChI=1S/C18H24N2.C17H22N2O.C17H21N2.CH4/c1-14(15-6-10-17(11-7-15)19(2)3)16-8-12-18(13-9-16)20(4)5;1-18(2)15-9-5-13(6-10-15)17(20)14-7-11-16(12-8-14)19(3)4;1-18(2)16-9-5-14(6-10-16)13-15-7-11-17(12-8-15)19(3)4;/h6-14H,1-5H3;5-12,17,20H,1-4H3;5-13H,1-4H3;1H4/q;;+1;/p+1. The van der Waals surface area contributed by atoms with E-state index in [1.54, 1.807) is 0 Å². The number of hydrogen-bond donors (Lipinski definition) is 1. The molecule has 0 heterocycles. The Morgan fingerprint density at radius 1 is 0.433 bits per heavy atom. The van der Waals surface area contributed by atoms with Crippen LogP contribution < -0.4 is 24.5 Å². The van der Waals surface area contributed by atoms with Crippen molar-refractivity contribution in [1.82, 2.24) is 0 Å². The minimum Gasteiger partial charge on any atom is -0.384 e. The van der Waals surface area contributed by atoms with E-state index in [9.17, 15) is 5.11 Å². The number of nitrogens with zero attached hydrogens (tertiary/aromatic N) is 6. The molecule has 0 fully saturated rings. The summed E-state index contributed by atoms with van der Waals surface area (Å²) in [4.78, 5) is 10.4. The smallest absolute Gasteiger partial charge is 0.384 e. The molecule has 0 amide bonds. The Hall–Kier alpha value is -6.05. The summed E-state index contributed by atoms with van der Waals surface area (Å²) >= 11 is 0. The lowest BCUT2D eigenvalue weighted by Gasteiger charge is -2.17. The second kappa shape index (κ2) is 22.9. The lowest BCUT2D eigenvalue weighted by atomic mass is 9.93. The summed E-state index contributed by atoms with van der Waals surface area (Å²) in [6.45, 7) is 2.26. The van der Waals surface area contributed by atoms with Gasteiger partial charge in [0, 0.05) is 117 Å². The summed E-state index contributed by atoms with van der Waals surface area (Å²) < 4.78 is 2.11. The first-order valence-corrected chi connectivity index (χ1v) is 20.2. The molecule has 0 spiro atoms. The Morgan fingerprint density at radius 2 is 0.700 bits per heavy atom. The first-order chi connectivity index (χ1) is 28.0. The van der Waals surface area contributed by atoms with E-state index in [2.05, 4.69) is 186 Å². The van der Waals surface area contributed by atoms with Crippen LogP contribution in [0.1, 0.15) is 55.6 Å². The molecule has 7 heteroatoms. The predicted molar refractivity (Wildman–Crippen MR) is 267 cm³/mol. The quantitative estimate of drug-likeness (QED) is 0.142. The molecule has 0 bridgehead atoms. The second-order valence-corrected chi connectivity index (χ2v) is 16.2. The highest BCUT2D eigenvalue weighted by molar-refractivity contribution is 6.02. The van der Waals surface area contributed by atoms with Gasteiger partial charge in [0.2, 0.25) is 0 Å². The summed E-state index contributed by atoms with van der Waals surface area (Å²) in [5, 5.41) is 10.4. The molecule has 318 valence electrons. The third-order valence-electron chi connectivity index (χ3n) is 10.4. The molecule has 0 aromatic heterocycles. The molecule has 5 aromatic rings. The number of aliphatic hydroxyl groups excluding tert-OH is 1. The van der Waals surface area contributed by atoms with E-state index < -0.39 is 6.10 Å². The van der Waals surface area contributed by atoms with Gasteiger partial charge in [-0.25, -0.2) is 4.58 Å². The molecule has 1 aliphatic rings. The summed E-state index contributed by atoms with van der Waals surface area (Å²) in [7, 11) is 24.5. The summed E-state index contributed by atoms with van der Waals surface area (Å²) in [6.07, 6.45) is 10.2. The molecule has 0 saturated heterocycles. The van der Waals surface area contributed by atoms with Gasteiger partial charge in [-0.15, -0.1) is 0 Å². The SMILES string of the molecule is C.CC(c1ccc(N(C)C)cc1)c1ccc(N(C)C)cc1.CN(C)c1ccc(C(O)c2ccc(N(C)C)cc2)cc1.CN(C)c1ccc(C=C2C=CC(=[N+](C)C)C=C2)cc1.[H+]. The molecule has 0 atom stereocenters. The van der Waals surface area contributed by atoms with Gasteiger partial charge in [-0.1, -0.05) is 75.0 Å². The van der Waals surface area contributed by atoms with Crippen LogP contribution in [0.15, 0.2) is 151 Å². The molecule has 0 aliphatic heterocycles. The number of hydrogen-bond acceptors (Lipinski definition) is 6. The number of aliphatic hydroxyl groups is 1. The van der Waals surface area contributed by atoms with Crippen molar-refractivity contribution in [2.45, 2.75) is 26.4 Å². The number of anilines is 5. The molecular weight excluding hydrogens is 737 g/mol. The zero-order valence-corrected chi connectivity index (χ0v) is 37.7. The normalized spacial score (nSPS) is 11.5. The first-order valence-electron chi connectivity index (χ1n) is 20.2. The molecule has 0 radical (unpaired) electrons. The van der Waals surface area contributed by atoms with Crippen LogP contribution in [0.4, 0.5) is 28.4 Å². The van der Waals surface area contributed by atoms with Crippen molar-refractivity contribution in [3.05, 3.63) is 179 Å². The highest BCUT2D eigenvalue weighted by Gasteiger charge is 2.12. The van der Waals surface area contributed by atoms with Crippen LogP contribution in [0.2, 0.25) is 0 Å². The van der Waals surface area contributed by atoms with Crippen LogP contribution in [0.5, 0.6) is 0 Å². The average Bonchev–Trinajstić information content (AvgIpc) is 3.24. The Labute approximate surface area is 364 Å². The minimum absolute atomic E-state index is 0. The van der Waals surface area contributed by atoms with Crippen LogP contribution >= 0.6 is 0 Å². The van der Waals surface area contributed by atoms with Gasteiger partial charge in [0.15, 0.2) is 5.71 Å². The van der Waals surface area contributed by atoms with E-state index in [0.717, 1.165) is 22.5 Å². The van der Waals surface area contributed by atoms with Crippen molar-refractivity contribution in [3.63, 3.8) is 0 Å². The number of benzene rings is 5. The molecular formula is C53H72N6O+2. The van der Waals surface area contributed by atoms with Crippen LogP contribution in [0.3, 0.4) is 0 Å². The Kier molecular flexibility index (Phi) is 18.5. The molecule has 6 rings (SSSR count). The molecule has 1 N–H and O–H groups in total. The van der Waals surface area contributed by atoms with Crippen molar-refractivity contribution in [1.29, 1.82) is 0 Å². The van der Waals surface area contributed by atoms with Crippen LogP contribution in [-0.4, -0.2) is 100.0 Å². The van der Waals surface area contributed by atoms with Gasteiger partial charge >= 0.3 is 1.43 Å². The molecule has 5 aromatic carbocycles. The molecule has 0 saturated carbocycles. The van der Waals surface area contributed by atoms with Gasteiger partial charge in [-0.2, -0.15) is 0 Å². The third-order valence-corrected chi connectivity index (χ3v) is 10.4. The monoisotopic (exact) mass is 809 g/mol. The maximum absolute atomic E-state index is 10.4. The Bertz CT molecular complexity index is 1930. The average molecular weight is 809 g/mol. The molecule has 1 aliphatic carbocycles. The van der Waals surface area contributed by atoms with E-state index >= 15 is 0 Å². The van der Waals surface area contributed by atoms with E-state index in [-0.39, 0.29) is 8.85 Å². The van der Waals surface area contributed by atoms with Crippen molar-refractivity contribution in [2.75, 3.05) is 109 Å². The fourth-order valence-corrected chi connectivity index (χ4v) is 6.35. The third kappa shape index (κ3) is 14.1. The Balaban J connectivity index is 0.000000310. The minimum atomic E-state index is -0.581. The summed E-state index contributed by atoms with van der Waals surface area (Å²) in [5.41, 5.74) is 14.2. The fraction of sp³-hybridized carbons (Fsp3) is 0.302. The lowest BCUT2D eigenvalue weighted by Crippen LogP contribution is -2.09. The van der Waals surface area contributed by atoms with Gasteiger partial charge in [0.1, 0.15) is 20.2 Å². The zero-order chi connectivity index (χ0) is 43.2. The van der Waals surface area contributed by atoms with Gasteiger partial charge in [0.25, 0.3) is 0 Å². The lowest BCUT2D eigenvalue weighted by molar-refractivity contribution is -0.462. The molecule has 7 nitrogen and oxygen atoms in total. The molecule has 60 heavy (non-hydrogen) atoms. The Morgan fingerprint density at radius 3 is 0.967 bits per heavy atom. The van der Waals surface area contributed by atoms with Gasteiger partial charge in [-0.3, -0.25) is 0 Å². The van der Waals surface area contributed by atoms with Crippen LogP contribution in [0, 0.1) is 0 Å². The van der Waals surface area contributed by atoms with E-state index in [1.807, 2.05) is 86.5 Å². The van der Waals surface area contributed by atoms with Gasteiger partial charge in [0.05, 0.1) is 0 Å². The van der Waals surface area contributed by atoms with Crippen molar-refractivity contribution >= 4 is 40.2 Å². The van der Waals surface area contributed by atoms with Crippen molar-refractivity contribution in [2.24, 2.45) is 0 Å². The highest BCUT2D eigenvalue weighted by atomic mass is 16.3. The highest BCUT2D eigenvalue weighted by Crippen LogP contribution is 2.28. The largest absolute Gasteiger partial charge is 1.00 e. The predicted octanol–water partition coefficient (Wildman–Crippen LogP) is 10.6. The van der Waals surface area contributed by atoms with E-state index in [4.69, 9.17) is 0 Å². The first kappa shape index (κ1) is 48.3. The fourth-order valence-electron chi connectivity index (χ4n) is 6.35. The van der Waals surface area contributed by atoms with Crippen molar-refractivity contribution in [3.8, 4) is 0 Å². The zero-order valence-electron chi connectivity index (χ0n) is 38.7. The maximum atomic E-state index is 10.4. The van der Waals surface area contributed by atoms with Crippen molar-refractivity contribution < 1.29 is 11.1 Å². The van der Waals surface area contributed by atoms with E-state index in [1.165, 1.54) is 45.0 Å². The number of allylic oxidation sites excluding steroid dienone is 5. The van der Waals surface area contributed by atoms with Gasteiger partial charge < -0.3 is 29.6 Å². The summed E-state index contributed by atoms with van der Waals surface area (Å²) in [5.74, 6) is 0.419. The van der Waals surface area contributed by atoms with E-state index in [0.29, 0.717) is 5.92 Å². The van der Waals surface area contributed by atoms with Gasteiger partial charge in [-0.05, 0) is 112 Å².